The molecule has 4 unspecified atom stereocenters. The lowest BCUT2D eigenvalue weighted by Crippen LogP contribution is -2.53. The second kappa shape index (κ2) is 7.84. The van der Waals surface area contributed by atoms with Crippen LogP contribution in [-0.2, 0) is 4.74 Å². The van der Waals surface area contributed by atoms with E-state index in [2.05, 4.69) is 34.0 Å². The molecule has 0 amide bonds. The van der Waals surface area contributed by atoms with E-state index in [1.54, 1.807) is 0 Å². The van der Waals surface area contributed by atoms with E-state index in [0.29, 0.717) is 12.1 Å². The Kier molecular flexibility index (Phi) is 5.81. The molecule has 1 aliphatic carbocycles. The van der Waals surface area contributed by atoms with E-state index in [1.165, 1.54) is 38.8 Å². The summed E-state index contributed by atoms with van der Waals surface area (Å²) in [7, 11) is 1.92. The number of rotatable bonds is 3. The zero-order chi connectivity index (χ0) is 16.2. The van der Waals surface area contributed by atoms with Crippen LogP contribution in [0.3, 0.4) is 0 Å². The number of nitrogens with zero attached hydrogens (tertiary/aromatic N) is 3. The molecule has 3 rings (SSSR count). The van der Waals surface area contributed by atoms with Gasteiger partial charge >= 0.3 is 0 Å². The van der Waals surface area contributed by atoms with Crippen LogP contribution >= 0.6 is 0 Å². The lowest BCUT2D eigenvalue weighted by atomic mass is 9.82. The molecular weight excluding hydrogens is 288 g/mol. The lowest BCUT2D eigenvalue weighted by Gasteiger charge is -2.38. The van der Waals surface area contributed by atoms with Gasteiger partial charge in [-0.2, -0.15) is 0 Å². The maximum absolute atomic E-state index is 5.55. The van der Waals surface area contributed by atoms with Gasteiger partial charge in [0, 0.05) is 45.3 Å². The molecule has 3 fully saturated rings. The Morgan fingerprint density at radius 2 is 1.96 bits per heavy atom. The maximum Gasteiger partial charge on any atom is 0.193 e. The quantitative estimate of drug-likeness (QED) is 0.635. The topological polar surface area (TPSA) is 40.1 Å². The van der Waals surface area contributed by atoms with Gasteiger partial charge in [0.05, 0.1) is 13.2 Å². The van der Waals surface area contributed by atoms with E-state index in [1.807, 2.05) is 7.05 Å². The summed E-state index contributed by atoms with van der Waals surface area (Å²) in [6.45, 7) is 10.7. The van der Waals surface area contributed by atoms with Crippen molar-refractivity contribution in [2.75, 3.05) is 46.4 Å². The zero-order valence-corrected chi connectivity index (χ0v) is 15.1. The van der Waals surface area contributed by atoms with Crippen LogP contribution in [0.25, 0.3) is 0 Å². The first-order valence-electron chi connectivity index (χ1n) is 9.48. The summed E-state index contributed by atoms with van der Waals surface area (Å²) in [5, 5.41) is 3.63. The number of hydrogen-bond acceptors (Lipinski definition) is 3. The predicted octanol–water partition coefficient (Wildman–Crippen LogP) is 1.79. The molecule has 4 atom stereocenters. The summed E-state index contributed by atoms with van der Waals surface area (Å²) < 4.78 is 5.55. The van der Waals surface area contributed by atoms with Crippen LogP contribution in [0.15, 0.2) is 4.99 Å². The Hall–Kier alpha value is -0.810. The van der Waals surface area contributed by atoms with Crippen LogP contribution in [0.2, 0.25) is 0 Å². The molecule has 132 valence electrons. The molecule has 5 heteroatoms. The van der Waals surface area contributed by atoms with Crippen LogP contribution < -0.4 is 5.32 Å². The standard InChI is InChI=1S/C18H34N4O/c1-14(22-8-9-23-13-15(22)2)10-20-18(19-3)21-11-16-6-4-5-7-17(16)12-21/h14-17H,4-13H2,1-3H3,(H,19,20). The Labute approximate surface area is 141 Å². The van der Waals surface area contributed by atoms with Crippen molar-refractivity contribution in [3.63, 3.8) is 0 Å². The fourth-order valence-electron chi connectivity index (χ4n) is 4.66. The normalized spacial score (nSPS) is 34.3. The smallest absolute Gasteiger partial charge is 0.193 e. The second-order valence-electron chi connectivity index (χ2n) is 7.65. The molecule has 0 aromatic carbocycles. The molecule has 0 aromatic heterocycles. The second-order valence-corrected chi connectivity index (χ2v) is 7.65. The van der Waals surface area contributed by atoms with Gasteiger partial charge in [-0.1, -0.05) is 12.8 Å². The molecule has 0 radical (unpaired) electrons. The molecule has 1 saturated carbocycles. The average molecular weight is 322 g/mol. The van der Waals surface area contributed by atoms with Gasteiger partial charge in [-0.25, -0.2) is 0 Å². The van der Waals surface area contributed by atoms with Gasteiger partial charge in [-0.3, -0.25) is 9.89 Å². The summed E-state index contributed by atoms with van der Waals surface area (Å²) in [6, 6.07) is 1.02. The number of likely N-dealkylation sites (tertiary alicyclic amines) is 1. The van der Waals surface area contributed by atoms with Crippen molar-refractivity contribution in [1.29, 1.82) is 0 Å². The first-order valence-corrected chi connectivity index (χ1v) is 9.48. The van der Waals surface area contributed by atoms with Crippen molar-refractivity contribution in [2.45, 2.75) is 51.6 Å². The fraction of sp³-hybridized carbons (Fsp3) is 0.944. The van der Waals surface area contributed by atoms with Gasteiger partial charge < -0.3 is 15.0 Å². The van der Waals surface area contributed by atoms with Crippen LogP contribution in [-0.4, -0.2) is 74.3 Å². The molecule has 1 N–H and O–H groups in total. The first kappa shape index (κ1) is 17.0. The highest BCUT2D eigenvalue weighted by atomic mass is 16.5. The average Bonchev–Trinajstić information content (AvgIpc) is 2.99. The Morgan fingerprint density at radius 1 is 1.26 bits per heavy atom. The van der Waals surface area contributed by atoms with Crippen molar-refractivity contribution in [3.8, 4) is 0 Å². The van der Waals surface area contributed by atoms with Gasteiger partial charge in [0.2, 0.25) is 0 Å². The monoisotopic (exact) mass is 322 g/mol. The molecule has 2 saturated heterocycles. The van der Waals surface area contributed by atoms with Crippen LogP contribution in [0, 0.1) is 11.8 Å². The molecule has 2 aliphatic heterocycles. The molecule has 0 bridgehead atoms. The molecule has 23 heavy (non-hydrogen) atoms. The van der Waals surface area contributed by atoms with E-state index in [9.17, 15) is 0 Å². The third-order valence-corrected chi connectivity index (χ3v) is 6.03. The van der Waals surface area contributed by atoms with Crippen molar-refractivity contribution in [1.82, 2.24) is 15.1 Å². The molecular formula is C18H34N4O. The van der Waals surface area contributed by atoms with Gasteiger partial charge in [0.25, 0.3) is 0 Å². The van der Waals surface area contributed by atoms with Crippen molar-refractivity contribution < 1.29 is 4.74 Å². The maximum atomic E-state index is 5.55. The van der Waals surface area contributed by atoms with Crippen LogP contribution in [0.5, 0.6) is 0 Å². The number of hydrogen-bond donors (Lipinski definition) is 1. The third kappa shape index (κ3) is 4.00. The number of nitrogens with one attached hydrogen (secondary N) is 1. The highest BCUT2D eigenvalue weighted by Crippen LogP contribution is 2.35. The van der Waals surface area contributed by atoms with Crippen LogP contribution in [0.4, 0.5) is 0 Å². The zero-order valence-electron chi connectivity index (χ0n) is 15.1. The highest BCUT2D eigenvalue weighted by Gasteiger charge is 2.35. The first-order chi connectivity index (χ1) is 11.2. The summed E-state index contributed by atoms with van der Waals surface area (Å²) in [5.74, 6) is 2.91. The minimum absolute atomic E-state index is 0.510. The summed E-state index contributed by atoms with van der Waals surface area (Å²) >= 11 is 0. The Balaban J connectivity index is 1.50. The van der Waals surface area contributed by atoms with Crippen molar-refractivity contribution in [3.05, 3.63) is 0 Å². The van der Waals surface area contributed by atoms with Crippen molar-refractivity contribution >= 4 is 5.96 Å². The van der Waals surface area contributed by atoms with Gasteiger partial charge in [-0.15, -0.1) is 0 Å². The van der Waals surface area contributed by atoms with E-state index < -0.39 is 0 Å². The lowest BCUT2D eigenvalue weighted by molar-refractivity contribution is -0.0175. The van der Waals surface area contributed by atoms with E-state index in [0.717, 1.165) is 44.1 Å². The number of ether oxygens (including phenoxy) is 1. The number of guanidine groups is 1. The minimum Gasteiger partial charge on any atom is -0.379 e. The summed E-state index contributed by atoms with van der Waals surface area (Å²) in [6.07, 6.45) is 5.68. The molecule has 2 heterocycles. The van der Waals surface area contributed by atoms with E-state index >= 15 is 0 Å². The third-order valence-electron chi connectivity index (χ3n) is 6.03. The molecule has 3 aliphatic rings. The number of fused-ring (bicyclic) bond motifs is 1. The van der Waals surface area contributed by atoms with Crippen molar-refractivity contribution in [2.24, 2.45) is 16.8 Å². The van der Waals surface area contributed by atoms with E-state index in [-0.39, 0.29) is 0 Å². The predicted molar refractivity (Wildman–Crippen MR) is 94.8 cm³/mol. The molecule has 0 spiro atoms. The minimum atomic E-state index is 0.510. The van der Waals surface area contributed by atoms with Gasteiger partial charge in [0.15, 0.2) is 5.96 Å². The summed E-state index contributed by atoms with van der Waals surface area (Å²) in [4.78, 5) is 9.60. The number of aliphatic imine (C=N–C) groups is 1. The molecule has 0 aromatic rings. The van der Waals surface area contributed by atoms with Gasteiger partial charge in [-0.05, 0) is 38.5 Å². The summed E-state index contributed by atoms with van der Waals surface area (Å²) in [5.41, 5.74) is 0. The number of morpholine rings is 1. The highest BCUT2D eigenvalue weighted by molar-refractivity contribution is 5.80. The Bertz CT molecular complexity index is 400. The molecule has 5 nitrogen and oxygen atoms in total. The fourth-order valence-corrected chi connectivity index (χ4v) is 4.66. The van der Waals surface area contributed by atoms with E-state index in [4.69, 9.17) is 4.74 Å². The van der Waals surface area contributed by atoms with Gasteiger partial charge in [0.1, 0.15) is 0 Å². The largest absolute Gasteiger partial charge is 0.379 e. The Morgan fingerprint density at radius 3 is 2.57 bits per heavy atom. The SMILES string of the molecule is CN=C(NCC(C)N1CCOCC1C)N1CC2CCCCC2C1. The van der Waals surface area contributed by atoms with Crippen LogP contribution in [0.1, 0.15) is 39.5 Å².